The van der Waals surface area contributed by atoms with Crippen LogP contribution in [0.2, 0.25) is 0 Å². The number of benzene rings is 2. The molecule has 0 N–H and O–H groups in total. The fraction of sp³-hybridized carbons (Fsp3) is 0. The van der Waals surface area contributed by atoms with Gasteiger partial charge in [0.15, 0.2) is 11.5 Å². The molecule has 4 nitrogen and oxygen atoms in total. The summed E-state index contributed by atoms with van der Waals surface area (Å²) in [6.07, 6.45) is 3.14. The molecule has 16 heavy (non-hydrogen) atoms. The van der Waals surface area contributed by atoms with Crippen LogP contribution in [0.1, 0.15) is 0 Å². The summed E-state index contributed by atoms with van der Waals surface area (Å²) >= 11 is 0. The fourth-order valence-corrected chi connectivity index (χ4v) is 1.38. The normalized spacial score (nSPS) is 9.12. The Balaban J connectivity index is 2.69. The van der Waals surface area contributed by atoms with E-state index in [-0.39, 0.29) is 11.5 Å². The van der Waals surface area contributed by atoms with Gasteiger partial charge in [-0.1, -0.05) is 24.3 Å². The van der Waals surface area contributed by atoms with Crippen LogP contribution in [0.4, 0.5) is 0 Å². The van der Waals surface area contributed by atoms with Crippen molar-refractivity contribution in [2.24, 2.45) is 0 Å². The molecule has 0 aliphatic rings. The molecule has 0 saturated heterocycles. The van der Waals surface area contributed by atoms with Crippen molar-refractivity contribution in [2.75, 3.05) is 0 Å². The van der Waals surface area contributed by atoms with Gasteiger partial charge in [0.05, 0.1) is 0 Å². The summed E-state index contributed by atoms with van der Waals surface area (Å²) in [5.41, 5.74) is 0. The van der Waals surface area contributed by atoms with Gasteiger partial charge in [0.2, 0.25) is 0 Å². The van der Waals surface area contributed by atoms with Crippen molar-refractivity contribution < 1.29 is 9.47 Å². The third-order valence-corrected chi connectivity index (χ3v) is 2.00. The van der Waals surface area contributed by atoms with Crippen LogP contribution in [0, 0.1) is 35.2 Å². The monoisotopic (exact) mass is 208 g/mol. The zero-order valence-corrected chi connectivity index (χ0v) is 8.02. The van der Waals surface area contributed by atoms with Crippen LogP contribution < -0.4 is 9.47 Å². The first kappa shape index (κ1) is 9.82. The van der Waals surface area contributed by atoms with Gasteiger partial charge in [-0.25, -0.2) is 0 Å². The molecule has 0 saturated carbocycles. The number of ether oxygens (including phenoxy) is 2. The number of nitriles is 2. The molecule has 0 bridgehead atoms. The molecule has 2 aromatic rings. The molecule has 0 heterocycles. The molecule has 2 radical (unpaired) electrons. The largest absolute Gasteiger partial charge is 0.387 e. The lowest BCUT2D eigenvalue weighted by Gasteiger charge is -2.04. The van der Waals surface area contributed by atoms with Gasteiger partial charge in [-0.05, 0) is 0 Å². The smallest absolute Gasteiger partial charge is 0.292 e. The lowest BCUT2D eigenvalue weighted by Crippen LogP contribution is -1.89. The molecule has 2 aromatic carbocycles. The molecule has 0 unspecified atom stereocenters. The summed E-state index contributed by atoms with van der Waals surface area (Å²) in [7, 11) is 0. The summed E-state index contributed by atoms with van der Waals surface area (Å²) in [6.45, 7) is 0. The van der Waals surface area contributed by atoms with E-state index < -0.39 is 0 Å². The van der Waals surface area contributed by atoms with Crippen LogP contribution in [-0.2, 0) is 0 Å². The molecule has 74 valence electrons. The van der Waals surface area contributed by atoms with E-state index in [0.717, 1.165) is 0 Å². The second kappa shape index (κ2) is 4.20. The summed E-state index contributed by atoms with van der Waals surface area (Å²) < 4.78 is 9.47. The second-order valence-corrected chi connectivity index (χ2v) is 2.84. The molecule has 0 aromatic heterocycles. The number of fused-ring (bicyclic) bond motifs is 1. The van der Waals surface area contributed by atoms with Gasteiger partial charge in [-0.2, -0.15) is 0 Å². The zero-order chi connectivity index (χ0) is 11.4. The van der Waals surface area contributed by atoms with E-state index in [2.05, 4.69) is 12.1 Å². The highest BCUT2D eigenvalue weighted by Gasteiger charge is 2.08. The minimum atomic E-state index is 0.267. The van der Waals surface area contributed by atoms with Crippen molar-refractivity contribution in [1.82, 2.24) is 0 Å². The fourth-order valence-electron chi connectivity index (χ4n) is 1.38. The highest BCUT2D eigenvalue weighted by molar-refractivity contribution is 5.93. The number of hydrogen-bond donors (Lipinski definition) is 0. The Morgan fingerprint density at radius 1 is 0.875 bits per heavy atom. The van der Waals surface area contributed by atoms with E-state index in [1.807, 2.05) is 0 Å². The van der Waals surface area contributed by atoms with Gasteiger partial charge in [0.25, 0.3) is 12.5 Å². The lowest BCUT2D eigenvalue weighted by atomic mass is 10.1. The van der Waals surface area contributed by atoms with Crippen molar-refractivity contribution in [2.45, 2.75) is 0 Å². The molecule has 0 fully saturated rings. The van der Waals surface area contributed by atoms with Crippen molar-refractivity contribution >= 4 is 10.8 Å². The van der Waals surface area contributed by atoms with Crippen LogP contribution in [-0.4, -0.2) is 0 Å². The minimum Gasteiger partial charge on any atom is -0.387 e. The van der Waals surface area contributed by atoms with E-state index in [0.29, 0.717) is 10.8 Å². The predicted octanol–water partition coefficient (Wildman–Crippen LogP) is 2.16. The van der Waals surface area contributed by atoms with Crippen molar-refractivity contribution in [3.05, 3.63) is 36.4 Å². The Kier molecular flexibility index (Phi) is 2.58. The van der Waals surface area contributed by atoms with Crippen LogP contribution in [0.15, 0.2) is 24.3 Å². The molecule has 0 aliphatic carbocycles. The molecule has 0 spiro atoms. The van der Waals surface area contributed by atoms with Gasteiger partial charge in [-0.15, -0.1) is 10.5 Å². The summed E-state index contributed by atoms with van der Waals surface area (Å²) in [5, 5.41) is 18.2. The van der Waals surface area contributed by atoms with Crippen LogP contribution >= 0.6 is 0 Å². The standard InChI is InChI=1S/C12H4N2O2/c13-7-15-11-5-6-12(16-8-14)10-4-2-1-3-9(10)11/h1-4H. The van der Waals surface area contributed by atoms with Crippen molar-refractivity contribution in [3.8, 4) is 24.0 Å². The van der Waals surface area contributed by atoms with E-state index in [4.69, 9.17) is 20.0 Å². The van der Waals surface area contributed by atoms with Crippen molar-refractivity contribution in [1.29, 1.82) is 10.5 Å². The highest BCUT2D eigenvalue weighted by Crippen LogP contribution is 2.31. The van der Waals surface area contributed by atoms with E-state index in [9.17, 15) is 0 Å². The lowest BCUT2D eigenvalue weighted by molar-refractivity contribution is 0.500. The first-order valence-electron chi connectivity index (χ1n) is 4.34. The zero-order valence-electron chi connectivity index (χ0n) is 8.02. The van der Waals surface area contributed by atoms with Gasteiger partial charge in [-0.3, -0.25) is 0 Å². The second-order valence-electron chi connectivity index (χ2n) is 2.84. The minimum absolute atomic E-state index is 0.267. The Bertz CT molecular complexity index is 554. The summed E-state index contributed by atoms with van der Waals surface area (Å²) in [6, 6.07) is 12.3. The maximum Gasteiger partial charge on any atom is 0.292 e. The third kappa shape index (κ3) is 1.60. The van der Waals surface area contributed by atoms with Crippen LogP contribution in [0.3, 0.4) is 0 Å². The SMILES string of the molecule is N#COc1[c][c]c(OC#N)c2ccccc12. The van der Waals surface area contributed by atoms with Crippen LogP contribution in [0.25, 0.3) is 10.8 Å². The van der Waals surface area contributed by atoms with Crippen molar-refractivity contribution in [3.63, 3.8) is 0 Å². The van der Waals surface area contributed by atoms with E-state index >= 15 is 0 Å². The van der Waals surface area contributed by atoms with Gasteiger partial charge in [0.1, 0.15) is 0 Å². The van der Waals surface area contributed by atoms with Gasteiger partial charge in [0, 0.05) is 22.9 Å². The maximum atomic E-state index is 8.46. The Morgan fingerprint density at radius 2 is 1.31 bits per heavy atom. The Labute approximate surface area is 91.9 Å². The molecule has 2 rings (SSSR count). The first-order chi connectivity index (χ1) is 7.86. The number of nitrogens with zero attached hydrogens (tertiary/aromatic N) is 2. The maximum absolute atomic E-state index is 8.46. The Hall–Kier alpha value is -2.72. The Morgan fingerprint density at radius 3 is 1.69 bits per heavy atom. The number of rotatable bonds is 2. The quantitative estimate of drug-likeness (QED) is 0.709. The summed E-state index contributed by atoms with van der Waals surface area (Å²) in [5.74, 6) is 0.534. The molecule has 0 amide bonds. The summed E-state index contributed by atoms with van der Waals surface area (Å²) in [4.78, 5) is 0. The third-order valence-electron chi connectivity index (χ3n) is 2.00. The average molecular weight is 208 g/mol. The van der Waals surface area contributed by atoms with E-state index in [1.165, 1.54) is 0 Å². The number of hydrogen-bond acceptors (Lipinski definition) is 4. The van der Waals surface area contributed by atoms with E-state index in [1.54, 1.807) is 36.8 Å². The predicted molar refractivity (Wildman–Crippen MR) is 54.1 cm³/mol. The molecular weight excluding hydrogens is 204 g/mol. The van der Waals surface area contributed by atoms with Gasteiger partial charge < -0.3 is 9.47 Å². The topological polar surface area (TPSA) is 66.0 Å². The molecule has 0 aliphatic heterocycles. The van der Waals surface area contributed by atoms with Gasteiger partial charge >= 0.3 is 0 Å². The first-order valence-corrected chi connectivity index (χ1v) is 4.34. The average Bonchev–Trinajstić information content (AvgIpc) is 2.33. The molecular formula is C12H4N2O2. The molecule has 0 atom stereocenters. The van der Waals surface area contributed by atoms with Crippen LogP contribution in [0.5, 0.6) is 11.5 Å². The highest BCUT2D eigenvalue weighted by atomic mass is 16.5. The molecule has 4 heteroatoms.